The van der Waals surface area contributed by atoms with Gasteiger partial charge in [0.1, 0.15) is 11.6 Å². The summed E-state index contributed by atoms with van der Waals surface area (Å²) in [5.41, 5.74) is 2.79. The van der Waals surface area contributed by atoms with Crippen LogP contribution >= 0.6 is 0 Å². The van der Waals surface area contributed by atoms with Crippen molar-refractivity contribution in [1.82, 2.24) is 9.97 Å². The summed E-state index contributed by atoms with van der Waals surface area (Å²) in [4.78, 5) is 8.72. The monoisotopic (exact) mass is 244 g/mol. The first-order valence-corrected chi connectivity index (χ1v) is 5.83. The molecule has 0 unspecified atom stereocenters. The maximum atomic E-state index is 8.94. The molecule has 0 atom stereocenters. The van der Waals surface area contributed by atoms with Gasteiger partial charge in [0, 0.05) is 17.7 Å². The number of aliphatic hydroxyl groups is 1. The van der Waals surface area contributed by atoms with Gasteiger partial charge in [0.25, 0.3) is 0 Å². The van der Waals surface area contributed by atoms with E-state index in [1.165, 1.54) is 0 Å². The van der Waals surface area contributed by atoms with Crippen molar-refractivity contribution in [2.45, 2.75) is 13.3 Å². The molecule has 94 valence electrons. The Hall–Kier alpha value is -1.94. The summed E-state index contributed by atoms with van der Waals surface area (Å²) < 4.78 is 5.13. The number of aliphatic hydroxyl groups excluding tert-OH is 1. The number of rotatable bonds is 4. The van der Waals surface area contributed by atoms with E-state index >= 15 is 0 Å². The number of ether oxygens (including phenoxy) is 1. The highest BCUT2D eigenvalue weighted by Crippen LogP contribution is 2.21. The van der Waals surface area contributed by atoms with Gasteiger partial charge in [0.15, 0.2) is 0 Å². The Labute approximate surface area is 106 Å². The third-order valence-electron chi connectivity index (χ3n) is 2.62. The number of hydrogen-bond donors (Lipinski definition) is 1. The number of hydrogen-bond acceptors (Lipinski definition) is 4. The average molecular weight is 244 g/mol. The molecule has 0 saturated carbocycles. The number of benzene rings is 1. The summed E-state index contributed by atoms with van der Waals surface area (Å²) in [6, 6.07) is 9.66. The van der Waals surface area contributed by atoms with Crippen LogP contribution in [0, 0.1) is 6.92 Å². The molecule has 0 spiro atoms. The van der Waals surface area contributed by atoms with E-state index in [0.717, 1.165) is 22.7 Å². The van der Waals surface area contributed by atoms with Crippen molar-refractivity contribution in [2.24, 2.45) is 0 Å². The third-order valence-corrected chi connectivity index (χ3v) is 2.62. The predicted octanol–water partition coefficient (Wildman–Crippen LogP) is 2.00. The second-order valence-corrected chi connectivity index (χ2v) is 4.01. The first-order chi connectivity index (χ1) is 8.72. The molecule has 2 rings (SSSR count). The maximum Gasteiger partial charge on any atom is 0.131 e. The summed E-state index contributed by atoms with van der Waals surface area (Å²) >= 11 is 0. The molecule has 18 heavy (non-hydrogen) atoms. The summed E-state index contributed by atoms with van der Waals surface area (Å²) in [6.07, 6.45) is 0.477. The first kappa shape index (κ1) is 12.5. The van der Waals surface area contributed by atoms with Crippen LogP contribution < -0.4 is 4.74 Å². The van der Waals surface area contributed by atoms with Crippen LogP contribution in [-0.4, -0.2) is 28.8 Å². The van der Waals surface area contributed by atoms with Crippen LogP contribution in [0.25, 0.3) is 11.3 Å². The van der Waals surface area contributed by atoms with Gasteiger partial charge in [0.05, 0.1) is 19.4 Å². The van der Waals surface area contributed by atoms with Gasteiger partial charge in [-0.1, -0.05) is 0 Å². The molecular weight excluding hydrogens is 228 g/mol. The fourth-order valence-electron chi connectivity index (χ4n) is 1.75. The summed E-state index contributed by atoms with van der Waals surface area (Å²) in [7, 11) is 1.64. The van der Waals surface area contributed by atoms with Gasteiger partial charge in [0.2, 0.25) is 0 Å². The molecule has 4 heteroatoms. The minimum absolute atomic E-state index is 0.0610. The third kappa shape index (κ3) is 2.84. The molecule has 0 aliphatic carbocycles. The Balaban J connectivity index is 2.36. The fourth-order valence-corrected chi connectivity index (χ4v) is 1.75. The van der Waals surface area contributed by atoms with Crippen molar-refractivity contribution in [1.29, 1.82) is 0 Å². The molecule has 0 fully saturated rings. The molecule has 2 aromatic rings. The fraction of sp³-hybridized carbons (Fsp3) is 0.286. The van der Waals surface area contributed by atoms with E-state index in [1.54, 1.807) is 7.11 Å². The number of nitrogens with zero attached hydrogens (tertiary/aromatic N) is 2. The van der Waals surface area contributed by atoms with E-state index in [4.69, 9.17) is 9.84 Å². The van der Waals surface area contributed by atoms with Crippen LogP contribution in [0.15, 0.2) is 30.3 Å². The van der Waals surface area contributed by atoms with Gasteiger partial charge >= 0.3 is 0 Å². The van der Waals surface area contributed by atoms with Crippen LogP contribution in [0.4, 0.5) is 0 Å². The smallest absolute Gasteiger partial charge is 0.131 e. The van der Waals surface area contributed by atoms with E-state index in [-0.39, 0.29) is 6.61 Å². The first-order valence-electron chi connectivity index (χ1n) is 5.83. The van der Waals surface area contributed by atoms with Crippen molar-refractivity contribution in [3.05, 3.63) is 41.9 Å². The zero-order valence-electron chi connectivity index (χ0n) is 10.6. The Morgan fingerprint density at radius 1 is 1.17 bits per heavy atom. The lowest BCUT2D eigenvalue weighted by Gasteiger charge is -2.06. The molecule has 1 aromatic heterocycles. The van der Waals surface area contributed by atoms with Crippen LogP contribution in [0.1, 0.15) is 11.5 Å². The SMILES string of the molecule is COc1ccc(-c2cc(C)nc(CCO)n2)cc1. The van der Waals surface area contributed by atoms with Crippen LogP contribution in [-0.2, 0) is 6.42 Å². The number of aromatic nitrogens is 2. The van der Waals surface area contributed by atoms with Crippen LogP contribution in [0.2, 0.25) is 0 Å². The zero-order valence-corrected chi connectivity index (χ0v) is 10.6. The molecule has 0 aliphatic rings. The minimum atomic E-state index is 0.0610. The molecule has 1 aromatic carbocycles. The number of aryl methyl sites for hydroxylation is 1. The van der Waals surface area contributed by atoms with E-state index in [2.05, 4.69) is 9.97 Å². The Kier molecular flexibility index (Phi) is 3.89. The van der Waals surface area contributed by atoms with Crippen molar-refractivity contribution in [3.8, 4) is 17.0 Å². The van der Waals surface area contributed by atoms with Gasteiger partial charge in [-0.15, -0.1) is 0 Å². The highest BCUT2D eigenvalue weighted by molar-refractivity contribution is 5.60. The summed E-state index contributed by atoms with van der Waals surface area (Å²) in [5, 5.41) is 8.94. The van der Waals surface area contributed by atoms with Crippen molar-refractivity contribution < 1.29 is 9.84 Å². The van der Waals surface area contributed by atoms with E-state index < -0.39 is 0 Å². The summed E-state index contributed by atoms with van der Waals surface area (Å²) in [5.74, 6) is 1.49. The predicted molar refractivity (Wildman–Crippen MR) is 69.5 cm³/mol. The minimum Gasteiger partial charge on any atom is -0.497 e. The lowest BCUT2D eigenvalue weighted by atomic mass is 10.1. The number of methoxy groups -OCH3 is 1. The molecule has 1 heterocycles. The molecule has 0 saturated heterocycles. The topological polar surface area (TPSA) is 55.2 Å². The normalized spacial score (nSPS) is 10.4. The van der Waals surface area contributed by atoms with Gasteiger partial charge in [-0.2, -0.15) is 0 Å². The molecule has 0 aliphatic heterocycles. The van der Waals surface area contributed by atoms with Crippen LogP contribution in [0.5, 0.6) is 5.75 Å². The van der Waals surface area contributed by atoms with Gasteiger partial charge < -0.3 is 9.84 Å². The van der Waals surface area contributed by atoms with Crippen molar-refractivity contribution in [3.63, 3.8) is 0 Å². The summed E-state index contributed by atoms with van der Waals surface area (Å²) in [6.45, 7) is 1.99. The lowest BCUT2D eigenvalue weighted by Crippen LogP contribution is -2.01. The molecule has 0 radical (unpaired) electrons. The quantitative estimate of drug-likeness (QED) is 0.893. The maximum absolute atomic E-state index is 8.94. The second kappa shape index (κ2) is 5.60. The van der Waals surface area contributed by atoms with E-state index in [1.807, 2.05) is 37.3 Å². The Morgan fingerprint density at radius 3 is 2.50 bits per heavy atom. The highest BCUT2D eigenvalue weighted by atomic mass is 16.5. The molecular formula is C14H16N2O2. The molecule has 4 nitrogen and oxygen atoms in total. The largest absolute Gasteiger partial charge is 0.497 e. The van der Waals surface area contributed by atoms with Gasteiger partial charge in [-0.3, -0.25) is 0 Å². The van der Waals surface area contributed by atoms with E-state index in [9.17, 15) is 0 Å². The molecule has 0 amide bonds. The molecule has 1 N–H and O–H groups in total. The van der Waals surface area contributed by atoms with Gasteiger partial charge in [-0.25, -0.2) is 9.97 Å². The van der Waals surface area contributed by atoms with Crippen molar-refractivity contribution in [2.75, 3.05) is 13.7 Å². The van der Waals surface area contributed by atoms with Crippen LogP contribution in [0.3, 0.4) is 0 Å². The van der Waals surface area contributed by atoms with E-state index in [0.29, 0.717) is 12.2 Å². The lowest BCUT2D eigenvalue weighted by molar-refractivity contribution is 0.296. The average Bonchev–Trinajstić information content (AvgIpc) is 2.38. The second-order valence-electron chi connectivity index (χ2n) is 4.01. The van der Waals surface area contributed by atoms with Gasteiger partial charge in [-0.05, 0) is 37.3 Å². The Morgan fingerprint density at radius 2 is 1.89 bits per heavy atom. The van der Waals surface area contributed by atoms with Crippen molar-refractivity contribution >= 4 is 0 Å². The zero-order chi connectivity index (χ0) is 13.0. The standard InChI is InChI=1S/C14H16N2O2/c1-10-9-13(16-14(15-10)7-8-17)11-3-5-12(18-2)6-4-11/h3-6,9,17H,7-8H2,1-2H3. The Bertz CT molecular complexity index is 524. The molecule has 0 bridgehead atoms. The highest BCUT2D eigenvalue weighted by Gasteiger charge is 2.04.